The van der Waals surface area contributed by atoms with Crippen LogP contribution in [0.4, 0.5) is 0 Å². The molecule has 2 aromatic rings. The standard InChI is InChI=1S/C16H19N3OS/c1-13-2-4-14(5-3-13)16(20)19-9-7-18(8-10-19)12-15-17-6-11-21-15/h2-6,11H,7-10,12H2,1H3. The van der Waals surface area contributed by atoms with Crippen LogP contribution in [0.15, 0.2) is 35.8 Å². The number of aryl methyl sites for hydroxylation is 1. The molecule has 21 heavy (non-hydrogen) atoms. The number of rotatable bonds is 3. The van der Waals surface area contributed by atoms with Gasteiger partial charge in [0, 0.05) is 43.3 Å². The fourth-order valence-corrected chi connectivity index (χ4v) is 3.17. The predicted molar refractivity (Wildman–Crippen MR) is 84.5 cm³/mol. The van der Waals surface area contributed by atoms with Gasteiger partial charge in [-0.2, -0.15) is 0 Å². The fraction of sp³-hybridized carbons (Fsp3) is 0.375. The lowest BCUT2D eigenvalue weighted by Crippen LogP contribution is -2.48. The molecule has 5 heteroatoms. The summed E-state index contributed by atoms with van der Waals surface area (Å²) in [6.45, 7) is 6.33. The maximum atomic E-state index is 12.4. The van der Waals surface area contributed by atoms with Gasteiger partial charge in [-0.3, -0.25) is 9.69 Å². The monoisotopic (exact) mass is 301 g/mol. The summed E-state index contributed by atoms with van der Waals surface area (Å²) in [5.74, 6) is 0.142. The molecule has 0 unspecified atom stereocenters. The van der Waals surface area contributed by atoms with Crippen LogP contribution in [0.25, 0.3) is 0 Å². The number of aromatic nitrogens is 1. The third-order valence-corrected chi connectivity index (χ3v) is 4.56. The number of carbonyl (C=O) groups is 1. The van der Waals surface area contributed by atoms with E-state index in [2.05, 4.69) is 9.88 Å². The summed E-state index contributed by atoms with van der Waals surface area (Å²) in [4.78, 5) is 21.1. The molecule has 1 fully saturated rings. The van der Waals surface area contributed by atoms with E-state index in [9.17, 15) is 4.79 Å². The Bertz CT molecular complexity index is 586. The Kier molecular flexibility index (Phi) is 4.31. The van der Waals surface area contributed by atoms with E-state index in [1.807, 2.05) is 47.7 Å². The Labute approximate surface area is 129 Å². The van der Waals surface area contributed by atoms with Gasteiger partial charge in [0.1, 0.15) is 5.01 Å². The summed E-state index contributed by atoms with van der Waals surface area (Å²) in [6, 6.07) is 7.82. The van der Waals surface area contributed by atoms with Gasteiger partial charge in [-0.1, -0.05) is 17.7 Å². The Morgan fingerprint density at radius 1 is 1.19 bits per heavy atom. The van der Waals surface area contributed by atoms with Gasteiger partial charge in [-0.15, -0.1) is 11.3 Å². The van der Waals surface area contributed by atoms with Crippen LogP contribution >= 0.6 is 11.3 Å². The largest absolute Gasteiger partial charge is 0.336 e. The van der Waals surface area contributed by atoms with Crippen molar-refractivity contribution in [3.8, 4) is 0 Å². The van der Waals surface area contributed by atoms with Gasteiger partial charge in [-0.25, -0.2) is 4.98 Å². The van der Waals surface area contributed by atoms with Crippen molar-refractivity contribution in [3.63, 3.8) is 0 Å². The number of benzene rings is 1. The fourth-order valence-electron chi connectivity index (χ4n) is 2.51. The van der Waals surface area contributed by atoms with Crippen molar-refractivity contribution in [1.82, 2.24) is 14.8 Å². The Morgan fingerprint density at radius 2 is 1.90 bits per heavy atom. The van der Waals surface area contributed by atoms with Gasteiger partial charge in [-0.05, 0) is 19.1 Å². The van der Waals surface area contributed by atoms with Crippen LogP contribution in [0.5, 0.6) is 0 Å². The SMILES string of the molecule is Cc1ccc(C(=O)N2CCN(Cc3nccs3)CC2)cc1. The molecule has 4 nitrogen and oxygen atoms in total. The lowest BCUT2D eigenvalue weighted by atomic mass is 10.1. The third-order valence-electron chi connectivity index (χ3n) is 3.80. The summed E-state index contributed by atoms with van der Waals surface area (Å²) in [5, 5.41) is 3.15. The van der Waals surface area contributed by atoms with Gasteiger partial charge in [0.2, 0.25) is 0 Å². The minimum atomic E-state index is 0.142. The third kappa shape index (κ3) is 3.49. The van der Waals surface area contributed by atoms with E-state index in [1.54, 1.807) is 11.3 Å². The number of hydrogen-bond donors (Lipinski definition) is 0. The molecule has 0 aliphatic carbocycles. The van der Waals surface area contributed by atoms with E-state index in [4.69, 9.17) is 0 Å². The predicted octanol–water partition coefficient (Wildman–Crippen LogP) is 2.41. The zero-order valence-electron chi connectivity index (χ0n) is 12.2. The van der Waals surface area contributed by atoms with Crippen LogP contribution in [0.3, 0.4) is 0 Å². The zero-order chi connectivity index (χ0) is 14.7. The van der Waals surface area contributed by atoms with Crippen molar-refractivity contribution in [3.05, 3.63) is 52.0 Å². The van der Waals surface area contributed by atoms with E-state index >= 15 is 0 Å². The van der Waals surface area contributed by atoms with Gasteiger partial charge < -0.3 is 4.90 Å². The molecule has 1 aromatic heterocycles. The first kappa shape index (κ1) is 14.2. The average molecular weight is 301 g/mol. The zero-order valence-corrected chi connectivity index (χ0v) is 13.0. The number of carbonyl (C=O) groups excluding carboxylic acids is 1. The Morgan fingerprint density at radius 3 is 2.52 bits per heavy atom. The molecule has 1 saturated heterocycles. The van der Waals surface area contributed by atoms with Crippen molar-refractivity contribution >= 4 is 17.2 Å². The first-order valence-corrected chi connectivity index (χ1v) is 8.07. The Hall–Kier alpha value is -1.72. The van der Waals surface area contributed by atoms with Crippen LogP contribution in [0.1, 0.15) is 20.9 Å². The number of hydrogen-bond acceptors (Lipinski definition) is 4. The highest BCUT2D eigenvalue weighted by molar-refractivity contribution is 7.09. The van der Waals surface area contributed by atoms with Crippen LogP contribution in [-0.4, -0.2) is 46.9 Å². The number of amides is 1. The van der Waals surface area contributed by atoms with Crippen molar-refractivity contribution in [1.29, 1.82) is 0 Å². The molecule has 110 valence electrons. The maximum absolute atomic E-state index is 12.4. The second-order valence-corrected chi connectivity index (χ2v) is 6.34. The molecular formula is C16H19N3OS. The van der Waals surface area contributed by atoms with Crippen LogP contribution in [0, 0.1) is 6.92 Å². The van der Waals surface area contributed by atoms with Crippen molar-refractivity contribution in [2.75, 3.05) is 26.2 Å². The number of thiazole rings is 1. The molecule has 0 saturated carbocycles. The smallest absolute Gasteiger partial charge is 0.253 e. The van der Waals surface area contributed by atoms with Crippen molar-refractivity contribution in [2.45, 2.75) is 13.5 Å². The topological polar surface area (TPSA) is 36.4 Å². The van der Waals surface area contributed by atoms with Crippen molar-refractivity contribution < 1.29 is 4.79 Å². The van der Waals surface area contributed by atoms with Crippen LogP contribution < -0.4 is 0 Å². The average Bonchev–Trinajstić information content (AvgIpc) is 3.01. The highest BCUT2D eigenvalue weighted by Gasteiger charge is 2.22. The van der Waals surface area contributed by atoms with E-state index in [0.29, 0.717) is 0 Å². The molecule has 1 aliphatic heterocycles. The summed E-state index contributed by atoms with van der Waals surface area (Å²) in [6.07, 6.45) is 1.84. The minimum absolute atomic E-state index is 0.142. The molecule has 0 N–H and O–H groups in total. The number of piperazine rings is 1. The molecule has 0 bridgehead atoms. The molecule has 0 radical (unpaired) electrons. The molecule has 0 spiro atoms. The molecule has 1 amide bonds. The number of nitrogens with zero attached hydrogens (tertiary/aromatic N) is 3. The summed E-state index contributed by atoms with van der Waals surface area (Å²) < 4.78 is 0. The quantitative estimate of drug-likeness (QED) is 0.873. The lowest BCUT2D eigenvalue weighted by Gasteiger charge is -2.34. The summed E-state index contributed by atoms with van der Waals surface area (Å²) in [7, 11) is 0. The van der Waals surface area contributed by atoms with Crippen LogP contribution in [-0.2, 0) is 6.54 Å². The summed E-state index contributed by atoms with van der Waals surface area (Å²) >= 11 is 1.69. The maximum Gasteiger partial charge on any atom is 0.253 e. The minimum Gasteiger partial charge on any atom is -0.336 e. The molecular weight excluding hydrogens is 282 g/mol. The van der Waals surface area contributed by atoms with E-state index in [0.717, 1.165) is 43.3 Å². The van der Waals surface area contributed by atoms with Gasteiger partial charge in [0.05, 0.1) is 6.54 Å². The molecule has 0 atom stereocenters. The lowest BCUT2D eigenvalue weighted by molar-refractivity contribution is 0.0628. The normalized spacial score (nSPS) is 16.1. The second kappa shape index (κ2) is 6.37. The van der Waals surface area contributed by atoms with Crippen LogP contribution in [0.2, 0.25) is 0 Å². The first-order valence-electron chi connectivity index (χ1n) is 7.19. The summed E-state index contributed by atoms with van der Waals surface area (Å²) in [5.41, 5.74) is 1.97. The first-order chi connectivity index (χ1) is 10.2. The molecule has 1 aromatic carbocycles. The van der Waals surface area contributed by atoms with Gasteiger partial charge in [0.15, 0.2) is 0 Å². The van der Waals surface area contributed by atoms with Gasteiger partial charge in [0.25, 0.3) is 5.91 Å². The Balaban J connectivity index is 1.55. The van der Waals surface area contributed by atoms with E-state index in [-0.39, 0.29) is 5.91 Å². The van der Waals surface area contributed by atoms with E-state index in [1.165, 1.54) is 5.56 Å². The highest BCUT2D eigenvalue weighted by Crippen LogP contribution is 2.13. The van der Waals surface area contributed by atoms with Gasteiger partial charge >= 0.3 is 0 Å². The highest BCUT2D eigenvalue weighted by atomic mass is 32.1. The molecule has 1 aliphatic rings. The second-order valence-electron chi connectivity index (χ2n) is 5.36. The molecule has 3 rings (SSSR count). The van der Waals surface area contributed by atoms with Crippen molar-refractivity contribution in [2.24, 2.45) is 0 Å². The molecule has 2 heterocycles. The van der Waals surface area contributed by atoms with E-state index < -0.39 is 0 Å².